The maximum atomic E-state index is 11.9. The number of nitrogens with two attached hydrogens (primary N) is 2. The van der Waals surface area contributed by atoms with Gasteiger partial charge in [0.25, 0.3) is 0 Å². The molecule has 0 aliphatic carbocycles. The molecule has 0 bridgehead atoms. The lowest BCUT2D eigenvalue weighted by Crippen LogP contribution is -2.37. The summed E-state index contributed by atoms with van der Waals surface area (Å²) in [5.74, 6) is 0.0917. The molecule has 0 heterocycles. The normalized spacial score (nSPS) is 12.1. The van der Waals surface area contributed by atoms with Gasteiger partial charge >= 0.3 is 5.97 Å². The second-order valence-electron chi connectivity index (χ2n) is 4.08. The Morgan fingerprint density at radius 2 is 2.11 bits per heavy atom. The average molecular weight is 251 g/mol. The first kappa shape index (κ1) is 14.5. The van der Waals surface area contributed by atoms with Gasteiger partial charge in [0.15, 0.2) is 5.75 Å². The van der Waals surface area contributed by atoms with Crippen LogP contribution in [0.3, 0.4) is 0 Å². The van der Waals surface area contributed by atoms with Crippen molar-refractivity contribution in [3.63, 3.8) is 0 Å². The van der Waals surface area contributed by atoms with Crippen LogP contribution in [0.25, 0.3) is 0 Å². The Balaban J connectivity index is 2.54. The number of rotatable bonds is 7. The van der Waals surface area contributed by atoms with E-state index in [1.807, 2.05) is 0 Å². The van der Waals surface area contributed by atoms with Crippen molar-refractivity contribution >= 4 is 11.7 Å². The lowest BCUT2D eigenvalue weighted by atomic mass is 10.1. The van der Waals surface area contributed by atoms with E-state index in [4.69, 9.17) is 16.2 Å². The standard InChI is InChI=1S/C13H21N3O2/c1-16-11(7-4-5-9-14)13(17)18-12-8-3-2-6-10(12)15/h2-3,6,8,11,16H,4-5,7,9,14-15H2,1H3. The van der Waals surface area contributed by atoms with Gasteiger partial charge in [-0.1, -0.05) is 18.6 Å². The van der Waals surface area contributed by atoms with E-state index in [9.17, 15) is 4.79 Å². The molecule has 0 aliphatic rings. The molecule has 0 saturated carbocycles. The zero-order valence-electron chi connectivity index (χ0n) is 10.7. The molecule has 1 aromatic carbocycles. The summed E-state index contributed by atoms with van der Waals surface area (Å²) < 4.78 is 5.27. The van der Waals surface area contributed by atoms with E-state index in [0.717, 1.165) is 12.8 Å². The van der Waals surface area contributed by atoms with Gasteiger partial charge in [-0.15, -0.1) is 0 Å². The molecule has 0 aromatic heterocycles. The molecule has 0 saturated heterocycles. The summed E-state index contributed by atoms with van der Waals surface area (Å²) in [6, 6.07) is 6.63. The summed E-state index contributed by atoms with van der Waals surface area (Å²) in [7, 11) is 1.74. The van der Waals surface area contributed by atoms with E-state index in [1.165, 1.54) is 0 Å². The van der Waals surface area contributed by atoms with Crippen LogP contribution in [-0.4, -0.2) is 25.6 Å². The summed E-state index contributed by atoms with van der Waals surface area (Å²) in [6.45, 7) is 0.636. The number of carbonyl (C=O) groups excluding carboxylic acids is 1. The molecule has 5 N–H and O–H groups in total. The Hall–Kier alpha value is -1.59. The minimum atomic E-state index is -0.323. The summed E-state index contributed by atoms with van der Waals surface area (Å²) in [6.07, 6.45) is 2.50. The molecule has 0 radical (unpaired) electrons. The molecule has 0 spiro atoms. The van der Waals surface area contributed by atoms with E-state index in [-0.39, 0.29) is 12.0 Å². The third kappa shape index (κ3) is 4.35. The van der Waals surface area contributed by atoms with Crippen LogP contribution >= 0.6 is 0 Å². The highest BCUT2D eigenvalue weighted by atomic mass is 16.5. The first-order valence-corrected chi connectivity index (χ1v) is 6.12. The van der Waals surface area contributed by atoms with E-state index in [0.29, 0.717) is 24.4 Å². The maximum Gasteiger partial charge on any atom is 0.328 e. The number of likely N-dealkylation sites (N-methyl/N-ethyl adjacent to an activating group) is 1. The first-order chi connectivity index (χ1) is 8.69. The van der Waals surface area contributed by atoms with E-state index in [2.05, 4.69) is 5.32 Å². The minimum absolute atomic E-state index is 0.313. The first-order valence-electron chi connectivity index (χ1n) is 6.12. The molecule has 1 aromatic rings. The molecule has 1 atom stereocenters. The van der Waals surface area contributed by atoms with Gasteiger partial charge in [0, 0.05) is 0 Å². The van der Waals surface area contributed by atoms with Gasteiger partial charge in [-0.2, -0.15) is 0 Å². The molecular formula is C13H21N3O2. The fourth-order valence-electron chi connectivity index (χ4n) is 1.63. The summed E-state index contributed by atoms with van der Waals surface area (Å²) in [5.41, 5.74) is 11.6. The summed E-state index contributed by atoms with van der Waals surface area (Å²) in [4.78, 5) is 11.9. The molecule has 0 amide bonds. The Morgan fingerprint density at radius 3 is 2.72 bits per heavy atom. The summed E-state index contributed by atoms with van der Waals surface area (Å²) >= 11 is 0. The SMILES string of the molecule is CNC(CCCCN)C(=O)Oc1ccccc1N. The van der Waals surface area contributed by atoms with Gasteiger partial charge in [-0.25, -0.2) is 4.79 Å². The number of unbranched alkanes of at least 4 members (excludes halogenated alkanes) is 1. The van der Waals surface area contributed by atoms with Gasteiger partial charge in [-0.3, -0.25) is 0 Å². The van der Waals surface area contributed by atoms with Crippen molar-refractivity contribution in [2.45, 2.75) is 25.3 Å². The largest absolute Gasteiger partial charge is 0.423 e. The van der Waals surface area contributed by atoms with Crippen molar-refractivity contribution in [1.29, 1.82) is 0 Å². The number of ether oxygens (including phenoxy) is 1. The van der Waals surface area contributed by atoms with Gasteiger partial charge in [0.2, 0.25) is 0 Å². The molecule has 0 aliphatic heterocycles. The zero-order valence-corrected chi connectivity index (χ0v) is 10.7. The number of benzene rings is 1. The third-order valence-corrected chi connectivity index (χ3v) is 2.71. The number of nitrogens with one attached hydrogen (secondary N) is 1. The predicted octanol–water partition coefficient (Wildman–Crippen LogP) is 0.891. The topological polar surface area (TPSA) is 90.4 Å². The number of anilines is 1. The second-order valence-corrected chi connectivity index (χ2v) is 4.08. The van der Waals surface area contributed by atoms with Crippen molar-refractivity contribution in [3.8, 4) is 5.75 Å². The van der Waals surface area contributed by atoms with Crippen LogP contribution in [-0.2, 0) is 4.79 Å². The molecule has 0 fully saturated rings. The van der Waals surface area contributed by atoms with E-state index < -0.39 is 0 Å². The number of para-hydroxylation sites is 2. The quantitative estimate of drug-likeness (QED) is 0.290. The van der Waals surface area contributed by atoms with Gasteiger partial charge in [0.05, 0.1) is 5.69 Å². The second kappa shape index (κ2) is 7.68. The van der Waals surface area contributed by atoms with Crippen LogP contribution in [0.4, 0.5) is 5.69 Å². The number of hydrogen-bond acceptors (Lipinski definition) is 5. The van der Waals surface area contributed by atoms with Crippen LogP contribution in [0.5, 0.6) is 5.75 Å². The molecule has 1 rings (SSSR count). The third-order valence-electron chi connectivity index (χ3n) is 2.71. The van der Waals surface area contributed by atoms with Crippen LogP contribution in [0, 0.1) is 0 Å². The number of carbonyl (C=O) groups is 1. The van der Waals surface area contributed by atoms with E-state index in [1.54, 1.807) is 31.3 Å². The van der Waals surface area contributed by atoms with Crippen molar-refractivity contribution in [1.82, 2.24) is 5.32 Å². The number of nitrogen functional groups attached to an aromatic ring is 1. The molecule has 5 nitrogen and oxygen atoms in total. The molecular weight excluding hydrogens is 230 g/mol. The number of esters is 1. The Labute approximate surface area is 107 Å². The van der Waals surface area contributed by atoms with Crippen molar-refractivity contribution in [3.05, 3.63) is 24.3 Å². The highest BCUT2D eigenvalue weighted by Gasteiger charge is 2.18. The van der Waals surface area contributed by atoms with Crippen molar-refractivity contribution < 1.29 is 9.53 Å². The van der Waals surface area contributed by atoms with Gasteiger partial charge in [0.1, 0.15) is 6.04 Å². The molecule has 1 unspecified atom stereocenters. The maximum absolute atomic E-state index is 11.9. The lowest BCUT2D eigenvalue weighted by molar-refractivity contribution is -0.136. The monoisotopic (exact) mass is 251 g/mol. The minimum Gasteiger partial charge on any atom is -0.423 e. The Bertz CT molecular complexity index is 382. The smallest absolute Gasteiger partial charge is 0.328 e. The van der Waals surface area contributed by atoms with Crippen LogP contribution < -0.4 is 21.5 Å². The zero-order chi connectivity index (χ0) is 13.4. The average Bonchev–Trinajstić information content (AvgIpc) is 2.37. The van der Waals surface area contributed by atoms with Crippen molar-refractivity contribution in [2.24, 2.45) is 5.73 Å². The Kier molecular flexibility index (Phi) is 6.18. The lowest BCUT2D eigenvalue weighted by Gasteiger charge is -2.15. The highest BCUT2D eigenvalue weighted by molar-refractivity contribution is 5.79. The molecule has 18 heavy (non-hydrogen) atoms. The fourth-order valence-corrected chi connectivity index (χ4v) is 1.63. The van der Waals surface area contributed by atoms with E-state index >= 15 is 0 Å². The van der Waals surface area contributed by atoms with Gasteiger partial charge in [-0.05, 0) is 38.6 Å². The van der Waals surface area contributed by atoms with Crippen LogP contribution in [0.15, 0.2) is 24.3 Å². The van der Waals surface area contributed by atoms with Crippen LogP contribution in [0.1, 0.15) is 19.3 Å². The Morgan fingerprint density at radius 1 is 1.39 bits per heavy atom. The van der Waals surface area contributed by atoms with Crippen molar-refractivity contribution in [2.75, 3.05) is 19.3 Å². The molecule has 5 heteroatoms. The fraction of sp³-hybridized carbons (Fsp3) is 0.462. The predicted molar refractivity (Wildman–Crippen MR) is 72.2 cm³/mol. The number of hydrogen-bond donors (Lipinski definition) is 3. The molecule has 100 valence electrons. The van der Waals surface area contributed by atoms with Crippen LogP contribution in [0.2, 0.25) is 0 Å². The summed E-state index contributed by atoms with van der Waals surface area (Å²) in [5, 5.41) is 2.94. The highest BCUT2D eigenvalue weighted by Crippen LogP contribution is 2.20. The van der Waals surface area contributed by atoms with Gasteiger partial charge < -0.3 is 21.5 Å².